The fourth-order valence-electron chi connectivity index (χ4n) is 1.18. The minimum atomic E-state index is -2.40. The maximum atomic E-state index is 5.93. The largest absolute Gasteiger partial charge is 0.516 e. The molecule has 16 heavy (non-hydrogen) atoms. The van der Waals surface area contributed by atoms with E-state index in [1.165, 1.54) is 0 Å². The van der Waals surface area contributed by atoms with Gasteiger partial charge in [0.1, 0.15) is 0 Å². The third kappa shape index (κ3) is 6.60. The highest BCUT2D eigenvalue weighted by Crippen LogP contribution is 2.05. The Morgan fingerprint density at radius 1 is 1.00 bits per heavy atom. The molecule has 0 fully saturated rings. The van der Waals surface area contributed by atoms with Gasteiger partial charge >= 0.3 is 8.88 Å². The van der Waals surface area contributed by atoms with Crippen molar-refractivity contribution in [1.82, 2.24) is 9.96 Å². The topological polar surface area (TPSA) is 42.5 Å². The van der Waals surface area contributed by atoms with E-state index in [2.05, 4.69) is 44.6 Å². The molecule has 2 N–H and O–H groups in total. The van der Waals surface area contributed by atoms with E-state index in [0.717, 1.165) is 19.8 Å². The summed E-state index contributed by atoms with van der Waals surface area (Å²) in [6.07, 6.45) is 0. The molecule has 0 rings (SSSR count). The normalized spacial score (nSPS) is 12.8. The average molecular weight is 248 g/mol. The molecule has 4 nitrogen and oxygen atoms in total. The van der Waals surface area contributed by atoms with Gasteiger partial charge in [-0.25, -0.2) is 0 Å². The molecule has 5 heteroatoms. The van der Waals surface area contributed by atoms with Gasteiger partial charge in [-0.15, -0.1) is 0 Å². The first-order valence-corrected chi connectivity index (χ1v) is 7.99. The molecule has 0 unspecified atom stereocenters. The molecule has 0 aromatic rings. The minimum Gasteiger partial charge on any atom is -0.370 e. The molecule has 0 heterocycles. The van der Waals surface area contributed by atoms with E-state index < -0.39 is 8.88 Å². The van der Waals surface area contributed by atoms with Crippen molar-refractivity contribution < 1.29 is 8.85 Å². The van der Waals surface area contributed by atoms with E-state index in [4.69, 9.17) is 8.85 Å². The number of hydrogen-bond donors (Lipinski definition) is 2. The van der Waals surface area contributed by atoms with Crippen LogP contribution >= 0.6 is 0 Å². The summed E-state index contributed by atoms with van der Waals surface area (Å²) in [5.41, 5.74) is 0. The lowest BCUT2D eigenvalue weighted by molar-refractivity contribution is 0.121. The first-order valence-electron chi connectivity index (χ1n) is 6.17. The molecule has 0 aromatic heterocycles. The van der Waals surface area contributed by atoms with Gasteiger partial charge in [0.15, 0.2) is 0 Å². The number of rotatable bonds is 9. The van der Waals surface area contributed by atoms with Gasteiger partial charge in [-0.2, -0.15) is 0 Å². The van der Waals surface area contributed by atoms with Crippen molar-refractivity contribution in [2.45, 2.75) is 34.6 Å². The summed E-state index contributed by atoms with van der Waals surface area (Å²) in [5.74, 6) is 1.03. The monoisotopic (exact) mass is 248 g/mol. The van der Waals surface area contributed by atoms with Crippen LogP contribution in [0.25, 0.3) is 0 Å². The van der Waals surface area contributed by atoms with Crippen LogP contribution in [0.2, 0.25) is 0 Å². The fraction of sp³-hybridized carbons (Fsp3) is 1.00. The predicted octanol–water partition coefficient (Wildman–Crippen LogP) is 1.60. The highest BCUT2D eigenvalue weighted by molar-refractivity contribution is 6.62. The van der Waals surface area contributed by atoms with Gasteiger partial charge in [-0.1, -0.05) is 34.6 Å². The molecule has 0 amide bonds. The first-order chi connectivity index (χ1) is 7.45. The fourth-order valence-corrected chi connectivity index (χ4v) is 3.53. The van der Waals surface area contributed by atoms with Crippen molar-refractivity contribution in [3.8, 4) is 0 Å². The van der Waals surface area contributed by atoms with E-state index >= 15 is 0 Å². The summed E-state index contributed by atoms with van der Waals surface area (Å²) < 4.78 is 11.9. The van der Waals surface area contributed by atoms with Gasteiger partial charge in [0.05, 0.1) is 0 Å². The molecule has 0 aliphatic carbocycles. The van der Waals surface area contributed by atoms with Crippen molar-refractivity contribution in [1.29, 1.82) is 0 Å². The standard InChI is InChI=1S/C11H28N2O2Si/c1-7-13-16(12-6,14-8-10(2)3)15-9-11(4)5/h10-13H,7-9H2,1-6H3. The van der Waals surface area contributed by atoms with Gasteiger partial charge < -0.3 is 8.85 Å². The second kappa shape index (κ2) is 8.19. The van der Waals surface area contributed by atoms with Crippen LogP contribution in [0.3, 0.4) is 0 Å². The highest BCUT2D eigenvalue weighted by atomic mass is 28.4. The SMILES string of the molecule is CCN[Si](NC)(OCC(C)C)OCC(C)C. The average Bonchev–Trinajstić information content (AvgIpc) is 2.22. The molecule has 0 saturated heterocycles. The summed E-state index contributed by atoms with van der Waals surface area (Å²) in [6, 6.07) is 0. The van der Waals surface area contributed by atoms with Crippen LogP contribution in [0.15, 0.2) is 0 Å². The van der Waals surface area contributed by atoms with Crippen LogP contribution in [0, 0.1) is 11.8 Å². The Labute approximate surface area is 102 Å². The first kappa shape index (κ1) is 16.1. The van der Waals surface area contributed by atoms with Crippen LogP contribution in [0.1, 0.15) is 34.6 Å². The van der Waals surface area contributed by atoms with E-state index in [0.29, 0.717) is 11.8 Å². The Morgan fingerprint density at radius 2 is 1.44 bits per heavy atom. The predicted molar refractivity (Wildman–Crippen MR) is 70.1 cm³/mol. The molecule has 0 saturated carbocycles. The van der Waals surface area contributed by atoms with E-state index in [-0.39, 0.29) is 0 Å². The molecule has 0 aliphatic rings. The van der Waals surface area contributed by atoms with E-state index in [1.807, 2.05) is 7.05 Å². The Balaban J connectivity index is 4.31. The van der Waals surface area contributed by atoms with Gasteiger partial charge in [0, 0.05) is 13.2 Å². The van der Waals surface area contributed by atoms with Crippen LogP contribution < -0.4 is 9.96 Å². The van der Waals surface area contributed by atoms with Gasteiger partial charge in [0.25, 0.3) is 0 Å². The Bertz CT molecular complexity index is 165. The lowest BCUT2D eigenvalue weighted by Crippen LogP contribution is -2.66. The molecule has 98 valence electrons. The van der Waals surface area contributed by atoms with Gasteiger partial charge in [0.2, 0.25) is 0 Å². The van der Waals surface area contributed by atoms with E-state index in [1.54, 1.807) is 0 Å². The van der Waals surface area contributed by atoms with Crippen molar-refractivity contribution >= 4 is 8.88 Å². The zero-order valence-electron chi connectivity index (χ0n) is 11.6. The van der Waals surface area contributed by atoms with Crippen molar-refractivity contribution in [3.63, 3.8) is 0 Å². The van der Waals surface area contributed by atoms with Gasteiger partial charge in [-0.3, -0.25) is 9.96 Å². The molecule has 0 atom stereocenters. The molecule has 0 radical (unpaired) electrons. The maximum absolute atomic E-state index is 5.93. The third-order valence-electron chi connectivity index (χ3n) is 1.98. The van der Waals surface area contributed by atoms with Crippen molar-refractivity contribution in [2.75, 3.05) is 26.8 Å². The summed E-state index contributed by atoms with van der Waals surface area (Å²) >= 11 is 0. The molecule has 0 aromatic carbocycles. The quantitative estimate of drug-likeness (QED) is 0.608. The van der Waals surface area contributed by atoms with Crippen LogP contribution in [0.4, 0.5) is 0 Å². The second-order valence-electron chi connectivity index (χ2n) is 4.81. The second-order valence-corrected chi connectivity index (χ2v) is 7.47. The summed E-state index contributed by atoms with van der Waals surface area (Å²) in [4.78, 5) is 6.55. The zero-order valence-corrected chi connectivity index (χ0v) is 12.6. The maximum Gasteiger partial charge on any atom is 0.516 e. The lowest BCUT2D eigenvalue weighted by Gasteiger charge is -2.30. The minimum absolute atomic E-state index is 0.515. The third-order valence-corrected chi connectivity index (χ3v) is 4.60. The van der Waals surface area contributed by atoms with Crippen LogP contribution in [0.5, 0.6) is 0 Å². The van der Waals surface area contributed by atoms with Crippen LogP contribution in [-0.2, 0) is 8.85 Å². The number of nitrogens with one attached hydrogen (secondary N) is 2. The van der Waals surface area contributed by atoms with Crippen LogP contribution in [-0.4, -0.2) is 35.7 Å². The summed E-state index contributed by atoms with van der Waals surface area (Å²) in [5, 5.41) is 0. The smallest absolute Gasteiger partial charge is 0.370 e. The van der Waals surface area contributed by atoms with Crippen molar-refractivity contribution in [2.24, 2.45) is 11.8 Å². The molecule has 0 bridgehead atoms. The molecular weight excluding hydrogens is 220 g/mol. The number of hydrogen-bond acceptors (Lipinski definition) is 4. The zero-order chi connectivity index (χ0) is 12.6. The Hall–Kier alpha value is 0.0569. The summed E-state index contributed by atoms with van der Waals surface area (Å²) in [6.45, 7) is 12.9. The molecular formula is C11H28N2O2Si. The molecule has 0 spiro atoms. The molecule has 0 aliphatic heterocycles. The Morgan fingerprint density at radius 3 is 1.69 bits per heavy atom. The summed E-state index contributed by atoms with van der Waals surface area (Å²) in [7, 11) is -0.497. The Kier molecular flexibility index (Phi) is 8.22. The van der Waals surface area contributed by atoms with E-state index in [9.17, 15) is 0 Å². The highest BCUT2D eigenvalue weighted by Gasteiger charge is 2.37. The van der Waals surface area contributed by atoms with Crippen molar-refractivity contribution in [3.05, 3.63) is 0 Å². The van der Waals surface area contributed by atoms with Gasteiger partial charge in [-0.05, 0) is 25.4 Å². The lowest BCUT2D eigenvalue weighted by atomic mass is 10.2.